The standard InChI is InChI=1S/C20H24Si/c1-21(2,19-13-11-15-7-3-5-9-17(15)19)20-14-12-16-8-4-6-10-18(16)20/h3-11,13,16-18,20H,12,14H2,1-2H3. The molecule has 4 unspecified atom stereocenters. The van der Waals surface area contributed by atoms with E-state index in [2.05, 4.69) is 73.9 Å². The van der Waals surface area contributed by atoms with Crippen molar-refractivity contribution in [1.29, 1.82) is 0 Å². The van der Waals surface area contributed by atoms with Crippen molar-refractivity contribution in [3.8, 4) is 0 Å². The number of hydrogen-bond acceptors (Lipinski definition) is 0. The zero-order valence-electron chi connectivity index (χ0n) is 13.0. The molecular weight excluding hydrogens is 268 g/mol. The molecule has 0 saturated heterocycles. The lowest BCUT2D eigenvalue weighted by Crippen LogP contribution is -2.40. The van der Waals surface area contributed by atoms with Crippen LogP contribution in [0.25, 0.3) is 0 Å². The maximum absolute atomic E-state index is 2.61. The van der Waals surface area contributed by atoms with E-state index in [1.807, 2.05) is 0 Å². The van der Waals surface area contributed by atoms with E-state index in [9.17, 15) is 0 Å². The lowest BCUT2D eigenvalue weighted by atomic mass is 9.92. The first-order valence-corrected chi connectivity index (χ1v) is 11.4. The van der Waals surface area contributed by atoms with Gasteiger partial charge in [-0.05, 0) is 29.4 Å². The molecule has 0 radical (unpaired) electrons. The van der Waals surface area contributed by atoms with Crippen LogP contribution in [0.1, 0.15) is 12.8 Å². The third-order valence-corrected chi connectivity index (χ3v) is 10.6. The van der Waals surface area contributed by atoms with Crippen LogP contribution < -0.4 is 0 Å². The SMILES string of the molecule is C[Si](C)(C1=CC=C2C=CC=CC21)C1CCC2C=CC=CC21. The highest BCUT2D eigenvalue weighted by Crippen LogP contribution is 2.53. The van der Waals surface area contributed by atoms with Gasteiger partial charge < -0.3 is 0 Å². The lowest BCUT2D eigenvalue weighted by molar-refractivity contribution is 0.545. The van der Waals surface area contributed by atoms with Crippen LogP contribution in [0, 0.1) is 17.8 Å². The third-order valence-electron chi connectivity index (χ3n) is 6.10. The summed E-state index contributed by atoms with van der Waals surface area (Å²) in [5.41, 5.74) is 2.41. The third kappa shape index (κ3) is 2.02. The molecular formula is C20H24Si. The summed E-state index contributed by atoms with van der Waals surface area (Å²) >= 11 is 0. The number of fused-ring (bicyclic) bond motifs is 2. The van der Waals surface area contributed by atoms with Crippen molar-refractivity contribution < 1.29 is 0 Å². The second kappa shape index (κ2) is 4.84. The first-order chi connectivity index (χ1) is 10.2. The van der Waals surface area contributed by atoms with Gasteiger partial charge in [0.2, 0.25) is 0 Å². The second-order valence-electron chi connectivity index (χ2n) is 7.43. The van der Waals surface area contributed by atoms with E-state index in [1.165, 1.54) is 18.4 Å². The summed E-state index contributed by atoms with van der Waals surface area (Å²) in [6, 6.07) is 0. The van der Waals surface area contributed by atoms with Crippen molar-refractivity contribution in [3.63, 3.8) is 0 Å². The van der Waals surface area contributed by atoms with Crippen molar-refractivity contribution in [1.82, 2.24) is 0 Å². The molecule has 0 aliphatic heterocycles. The molecule has 4 aliphatic carbocycles. The van der Waals surface area contributed by atoms with E-state index in [0.717, 1.165) is 17.4 Å². The van der Waals surface area contributed by atoms with Crippen molar-refractivity contribution >= 4 is 8.07 Å². The molecule has 0 N–H and O–H groups in total. The molecule has 0 heterocycles. The van der Waals surface area contributed by atoms with Crippen molar-refractivity contribution in [2.75, 3.05) is 0 Å². The van der Waals surface area contributed by atoms with Gasteiger partial charge in [0.05, 0.1) is 8.07 Å². The predicted octanol–water partition coefficient (Wildman–Crippen LogP) is 5.37. The molecule has 4 atom stereocenters. The molecule has 4 rings (SSSR count). The van der Waals surface area contributed by atoms with Crippen LogP contribution in [0.5, 0.6) is 0 Å². The Balaban J connectivity index is 1.63. The van der Waals surface area contributed by atoms with Crippen LogP contribution >= 0.6 is 0 Å². The van der Waals surface area contributed by atoms with E-state index >= 15 is 0 Å². The molecule has 108 valence electrons. The van der Waals surface area contributed by atoms with Gasteiger partial charge in [0.15, 0.2) is 0 Å². The maximum Gasteiger partial charge on any atom is 0.0803 e. The Morgan fingerprint density at radius 1 is 0.905 bits per heavy atom. The molecule has 4 aliphatic rings. The van der Waals surface area contributed by atoms with E-state index in [1.54, 1.807) is 5.20 Å². The van der Waals surface area contributed by atoms with Gasteiger partial charge in [0.1, 0.15) is 0 Å². The van der Waals surface area contributed by atoms with E-state index < -0.39 is 8.07 Å². The molecule has 0 bridgehead atoms. The number of rotatable bonds is 2. The van der Waals surface area contributed by atoms with Crippen LogP contribution in [0.2, 0.25) is 18.6 Å². The van der Waals surface area contributed by atoms with Crippen molar-refractivity contribution in [3.05, 3.63) is 71.5 Å². The fourth-order valence-electron chi connectivity index (χ4n) is 4.92. The molecule has 0 aromatic rings. The van der Waals surface area contributed by atoms with E-state index in [-0.39, 0.29) is 0 Å². The first-order valence-electron chi connectivity index (χ1n) is 8.30. The minimum Gasteiger partial charge on any atom is -0.0808 e. The van der Waals surface area contributed by atoms with Gasteiger partial charge in [-0.2, -0.15) is 0 Å². The number of hydrogen-bond donors (Lipinski definition) is 0. The summed E-state index contributed by atoms with van der Waals surface area (Å²) in [4.78, 5) is 0. The molecule has 0 amide bonds. The van der Waals surface area contributed by atoms with E-state index in [0.29, 0.717) is 5.92 Å². The quantitative estimate of drug-likeness (QED) is 0.601. The van der Waals surface area contributed by atoms with Crippen LogP contribution in [-0.2, 0) is 0 Å². The summed E-state index contributed by atoms with van der Waals surface area (Å²) in [5.74, 6) is 2.19. The van der Waals surface area contributed by atoms with Gasteiger partial charge >= 0.3 is 0 Å². The maximum atomic E-state index is 2.61. The Morgan fingerprint density at radius 2 is 1.71 bits per heavy atom. The van der Waals surface area contributed by atoms with E-state index in [4.69, 9.17) is 0 Å². The monoisotopic (exact) mass is 292 g/mol. The largest absolute Gasteiger partial charge is 0.0808 e. The highest BCUT2D eigenvalue weighted by atomic mass is 28.3. The second-order valence-corrected chi connectivity index (χ2v) is 12.2. The van der Waals surface area contributed by atoms with Crippen molar-refractivity contribution in [2.45, 2.75) is 31.5 Å². The Bertz CT molecular complexity index is 624. The highest BCUT2D eigenvalue weighted by molar-refractivity contribution is 6.86. The normalized spacial score (nSPS) is 36.5. The summed E-state index contributed by atoms with van der Waals surface area (Å²) in [6.07, 6.45) is 26.2. The smallest absolute Gasteiger partial charge is 0.0803 e. The van der Waals surface area contributed by atoms with Crippen LogP contribution in [-0.4, -0.2) is 8.07 Å². The van der Waals surface area contributed by atoms with Crippen LogP contribution in [0.4, 0.5) is 0 Å². The number of allylic oxidation sites excluding steroid dienone is 12. The van der Waals surface area contributed by atoms with Gasteiger partial charge in [-0.15, -0.1) is 0 Å². The molecule has 0 aromatic carbocycles. The van der Waals surface area contributed by atoms with Gasteiger partial charge in [0, 0.05) is 5.92 Å². The molecule has 0 nitrogen and oxygen atoms in total. The Morgan fingerprint density at radius 3 is 2.62 bits per heavy atom. The Kier molecular flexibility index (Phi) is 3.07. The minimum absolute atomic E-state index is 0.582. The molecule has 1 fully saturated rings. The summed E-state index contributed by atoms with van der Waals surface area (Å²) in [6.45, 7) is 5.22. The van der Waals surface area contributed by atoms with Gasteiger partial charge in [-0.1, -0.05) is 85.5 Å². The van der Waals surface area contributed by atoms with Gasteiger partial charge in [0.25, 0.3) is 0 Å². The highest BCUT2D eigenvalue weighted by Gasteiger charge is 2.47. The Labute approximate surface area is 129 Å². The molecule has 1 heteroatoms. The summed E-state index contributed by atoms with van der Waals surface area (Å²) in [5, 5.41) is 1.76. The minimum atomic E-state index is -1.41. The topological polar surface area (TPSA) is 0 Å². The lowest BCUT2D eigenvalue weighted by Gasteiger charge is -2.38. The molecule has 21 heavy (non-hydrogen) atoms. The molecule has 1 saturated carbocycles. The van der Waals surface area contributed by atoms with Gasteiger partial charge in [-0.3, -0.25) is 0 Å². The summed E-state index contributed by atoms with van der Waals surface area (Å²) in [7, 11) is -1.41. The van der Waals surface area contributed by atoms with Crippen LogP contribution in [0.15, 0.2) is 71.5 Å². The zero-order valence-corrected chi connectivity index (χ0v) is 14.0. The fourth-order valence-corrected chi connectivity index (χ4v) is 9.13. The van der Waals surface area contributed by atoms with Crippen molar-refractivity contribution in [2.24, 2.45) is 17.8 Å². The average Bonchev–Trinajstić information content (AvgIpc) is 3.12. The molecule has 0 spiro atoms. The predicted molar refractivity (Wildman–Crippen MR) is 93.7 cm³/mol. The Hall–Kier alpha value is -1.34. The van der Waals surface area contributed by atoms with Gasteiger partial charge in [-0.25, -0.2) is 0 Å². The first kappa shape index (κ1) is 13.3. The summed E-state index contributed by atoms with van der Waals surface area (Å²) < 4.78 is 0. The molecule has 0 aromatic heterocycles. The fraction of sp³-hybridized carbons (Fsp3) is 0.400. The average molecular weight is 292 g/mol. The van der Waals surface area contributed by atoms with Crippen LogP contribution in [0.3, 0.4) is 0 Å². The zero-order chi connectivity index (χ0) is 14.4.